The van der Waals surface area contributed by atoms with E-state index in [0.29, 0.717) is 33.5 Å². The molecule has 5 rings (SSSR count). The van der Waals surface area contributed by atoms with Gasteiger partial charge in [-0.05, 0) is 79.2 Å². The number of methoxy groups -OCH3 is 1. The molecular weight excluding hydrogens is 570 g/mol. The molecule has 0 aliphatic rings. The zero-order valence-corrected chi connectivity index (χ0v) is 23.9. The highest BCUT2D eigenvalue weighted by Crippen LogP contribution is 2.30. The molecule has 0 aliphatic carbocycles. The minimum atomic E-state index is -0.498. The van der Waals surface area contributed by atoms with Crippen LogP contribution in [0.3, 0.4) is 0 Å². The normalized spacial score (nSPS) is 11.0. The van der Waals surface area contributed by atoms with Crippen LogP contribution in [0.4, 0.5) is 11.4 Å². The van der Waals surface area contributed by atoms with Crippen LogP contribution < -0.4 is 15.5 Å². The second kappa shape index (κ2) is 13.0. The van der Waals surface area contributed by atoms with E-state index in [4.69, 9.17) is 9.15 Å². The molecule has 43 heavy (non-hydrogen) atoms. The number of ether oxygens (including phenoxy) is 1. The molecular formula is C31H25N5O6S. The second-order valence-electron chi connectivity index (χ2n) is 9.30. The van der Waals surface area contributed by atoms with E-state index < -0.39 is 16.7 Å². The average molecular weight is 596 g/mol. The quantitative estimate of drug-likeness (QED) is 0.0820. The first-order valence-electron chi connectivity index (χ1n) is 13.0. The van der Waals surface area contributed by atoms with E-state index >= 15 is 0 Å². The molecule has 0 unspecified atom stereocenters. The number of hydrogen-bond donors (Lipinski definition) is 2. The molecule has 0 fully saturated rings. The third kappa shape index (κ3) is 7.05. The van der Waals surface area contributed by atoms with Crippen LogP contribution in [-0.4, -0.2) is 35.0 Å². The number of fused-ring (bicyclic) bond motifs is 1. The Hall–Kier alpha value is -5.49. The van der Waals surface area contributed by atoms with Crippen molar-refractivity contribution in [2.75, 3.05) is 12.4 Å². The molecule has 1 aromatic heterocycles. The lowest BCUT2D eigenvalue weighted by Crippen LogP contribution is -2.18. The molecule has 0 saturated heterocycles. The van der Waals surface area contributed by atoms with Gasteiger partial charge in [0.05, 0.1) is 18.2 Å². The Bertz CT molecular complexity index is 1820. The highest BCUT2D eigenvalue weighted by Gasteiger charge is 2.14. The number of hydrogen-bond acceptors (Lipinski definition) is 9. The van der Waals surface area contributed by atoms with Crippen LogP contribution in [0.2, 0.25) is 0 Å². The summed E-state index contributed by atoms with van der Waals surface area (Å²) in [6.07, 6.45) is 1.53. The number of nitrogens with zero attached hydrogens (tertiary/aromatic N) is 3. The van der Waals surface area contributed by atoms with Crippen LogP contribution in [0.5, 0.6) is 5.75 Å². The van der Waals surface area contributed by atoms with Crippen LogP contribution in [-0.2, 0) is 5.75 Å². The largest absolute Gasteiger partial charge is 0.496 e. The molecule has 5 aromatic rings. The highest BCUT2D eigenvalue weighted by molar-refractivity contribution is 7.98. The van der Waals surface area contributed by atoms with Gasteiger partial charge in [0.2, 0.25) is 0 Å². The van der Waals surface area contributed by atoms with Crippen LogP contribution >= 0.6 is 11.8 Å². The van der Waals surface area contributed by atoms with Gasteiger partial charge < -0.3 is 14.5 Å². The summed E-state index contributed by atoms with van der Waals surface area (Å²) < 4.78 is 11.3. The van der Waals surface area contributed by atoms with E-state index in [9.17, 15) is 19.7 Å². The highest BCUT2D eigenvalue weighted by atomic mass is 32.2. The number of amides is 2. The Morgan fingerprint density at radius 1 is 1.02 bits per heavy atom. The minimum absolute atomic E-state index is 0.0579. The summed E-state index contributed by atoms with van der Waals surface area (Å²) in [5, 5.41) is 18.4. The van der Waals surface area contributed by atoms with Gasteiger partial charge in [-0.15, -0.1) is 0 Å². The second-order valence-corrected chi connectivity index (χ2v) is 10.2. The lowest BCUT2D eigenvalue weighted by atomic mass is 10.1. The Labute approximate surface area is 250 Å². The number of benzene rings is 4. The van der Waals surface area contributed by atoms with Gasteiger partial charge in [-0.2, -0.15) is 5.10 Å². The monoisotopic (exact) mass is 595 g/mol. The van der Waals surface area contributed by atoms with Crippen molar-refractivity contribution < 1.29 is 23.7 Å². The summed E-state index contributed by atoms with van der Waals surface area (Å²) in [4.78, 5) is 40.2. The lowest BCUT2D eigenvalue weighted by molar-refractivity contribution is -0.385. The van der Waals surface area contributed by atoms with Gasteiger partial charge in [-0.25, -0.2) is 10.4 Å². The molecule has 0 aliphatic heterocycles. The van der Waals surface area contributed by atoms with E-state index in [0.717, 1.165) is 22.2 Å². The molecule has 1 heterocycles. The number of aryl methyl sites for hydroxylation is 1. The van der Waals surface area contributed by atoms with Crippen molar-refractivity contribution in [3.8, 4) is 5.75 Å². The van der Waals surface area contributed by atoms with Gasteiger partial charge in [0, 0.05) is 39.8 Å². The van der Waals surface area contributed by atoms with Gasteiger partial charge >= 0.3 is 0 Å². The van der Waals surface area contributed by atoms with Gasteiger partial charge in [0.15, 0.2) is 5.58 Å². The van der Waals surface area contributed by atoms with Crippen molar-refractivity contribution in [3.05, 3.63) is 123 Å². The maximum absolute atomic E-state index is 12.6. The molecule has 0 radical (unpaired) electrons. The third-order valence-corrected chi connectivity index (χ3v) is 7.25. The number of nitro groups is 1. The molecule has 0 bridgehead atoms. The first-order valence-corrected chi connectivity index (χ1v) is 13.9. The Kier molecular flexibility index (Phi) is 8.77. The van der Waals surface area contributed by atoms with Crippen molar-refractivity contribution in [1.82, 2.24) is 10.4 Å². The smallest absolute Gasteiger partial charge is 0.272 e. The zero-order valence-electron chi connectivity index (χ0n) is 23.1. The molecule has 0 atom stereocenters. The fraction of sp³-hybridized carbons (Fsp3) is 0.0968. The number of carbonyl (C=O) groups is 2. The number of para-hydroxylation sites is 2. The number of carbonyl (C=O) groups excluding carboxylic acids is 2. The number of hydrazone groups is 1. The third-order valence-electron chi connectivity index (χ3n) is 6.37. The molecule has 2 amide bonds. The molecule has 12 heteroatoms. The Morgan fingerprint density at radius 3 is 2.51 bits per heavy atom. The van der Waals surface area contributed by atoms with Gasteiger partial charge in [-0.3, -0.25) is 19.7 Å². The summed E-state index contributed by atoms with van der Waals surface area (Å²) in [5.41, 5.74) is 7.10. The number of oxazole rings is 1. The maximum atomic E-state index is 12.6. The van der Waals surface area contributed by atoms with Crippen molar-refractivity contribution >= 4 is 52.3 Å². The topological polar surface area (TPSA) is 149 Å². The molecule has 216 valence electrons. The number of nitrogens with one attached hydrogen (secondary N) is 2. The van der Waals surface area contributed by atoms with Gasteiger partial charge in [0.1, 0.15) is 11.3 Å². The summed E-state index contributed by atoms with van der Waals surface area (Å²) in [6.45, 7) is 1.57. The van der Waals surface area contributed by atoms with E-state index in [1.54, 1.807) is 38.3 Å². The Balaban J connectivity index is 1.17. The minimum Gasteiger partial charge on any atom is -0.496 e. The first kappa shape index (κ1) is 29.0. The number of anilines is 1. The van der Waals surface area contributed by atoms with E-state index in [1.807, 2.05) is 42.5 Å². The van der Waals surface area contributed by atoms with Gasteiger partial charge in [0.25, 0.3) is 22.7 Å². The summed E-state index contributed by atoms with van der Waals surface area (Å²) in [6, 6.07) is 23.5. The van der Waals surface area contributed by atoms with E-state index in [-0.39, 0.29) is 11.3 Å². The number of thioether (sulfide) groups is 1. The molecule has 2 N–H and O–H groups in total. The van der Waals surface area contributed by atoms with Crippen LogP contribution in [0.1, 0.15) is 37.4 Å². The number of rotatable bonds is 10. The molecule has 4 aromatic carbocycles. The first-order chi connectivity index (χ1) is 20.8. The lowest BCUT2D eigenvalue weighted by Gasteiger charge is -2.08. The van der Waals surface area contributed by atoms with E-state index in [1.165, 1.54) is 36.2 Å². The van der Waals surface area contributed by atoms with Crippen molar-refractivity contribution in [2.24, 2.45) is 5.10 Å². The Morgan fingerprint density at radius 2 is 1.79 bits per heavy atom. The van der Waals surface area contributed by atoms with E-state index in [2.05, 4.69) is 20.8 Å². The molecule has 11 nitrogen and oxygen atoms in total. The fourth-order valence-corrected chi connectivity index (χ4v) is 5.00. The van der Waals surface area contributed by atoms with Crippen molar-refractivity contribution in [3.63, 3.8) is 0 Å². The van der Waals surface area contributed by atoms with Crippen LogP contribution in [0.15, 0.2) is 99.7 Å². The molecule has 0 saturated carbocycles. The summed E-state index contributed by atoms with van der Waals surface area (Å²) in [5.74, 6) is 0.406. The predicted molar refractivity (Wildman–Crippen MR) is 164 cm³/mol. The standard InChI is InChI=1S/C31H25N5O6S/c1-19-15-22(10-13-26(19)36(39)40)29(37)33-24-11-8-21(9-12-24)30(38)35-32-17-20-7-14-27(41-2)23(16-20)18-43-31-34-25-5-3-4-6-28(25)42-31/h3-17H,18H2,1-2H3,(H,33,37)(H,35,38)/b32-17-. The van der Waals surface area contributed by atoms with Crippen LogP contribution in [0.25, 0.3) is 11.1 Å². The summed E-state index contributed by atoms with van der Waals surface area (Å²) in [7, 11) is 1.60. The molecule has 0 spiro atoms. The van der Waals surface area contributed by atoms with Gasteiger partial charge in [-0.1, -0.05) is 23.9 Å². The number of nitro benzene ring substituents is 1. The maximum Gasteiger partial charge on any atom is 0.272 e. The average Bonchev–Trinajstić information content (AvgIpc) is 3.43. The number of aromatic nitrogens is 1. The zero-order chi connectivity index (χ0) is 30.3. The van der Waals surface area contributed by atoms with Crippen LogP contribution in [0, 0.1) is 17.0 Å². The predicted octanol–water partition coefficient (Wildman–Crippen LogP) is 6.36. The summed E-state index contributed by atoms with van der Waals surface area (Å²) >= 11 is 1.45. The van der Waals surface area contributed by atoms with Crippen molar-refractivity contribution in [2.45, 2.75) is 17.9 Å². The fourth-order valence-electron chi connectivity index (χ4n) is 4.18. The SMILES string of the molecule is COc1ccc(/C=N\NC(=O)c2ccc(NC(=O)c3ccc([N+](=O)[O-])c(C)c3)cc2)cc1CSc1nc2ccccc2o1. The van der Waals surface area contributed by atoms with Crippen molar-refractivity contribution in [1.29, 1.82) is 0 Å².